The lowest BCUT2D eigenvalue weighted by Crippen LogP contribution is -2.48. The summed E-state index contributed by atoms with van der Waals surface area (Å²) in [4.78, 5) is 24.1. The normalized spacial score (nSPS) is 11.2. The zero-order valence-corrected chi connectivity index (χ0v) is 10.2. The molecule has 0 bridgehead atoms. The van der Waals surface area contributed by atoms with Gasteiger partial charge >= 0.3 is 5.97 Å². The minimum atomic E-state index is -1.02. The van der Waals surface area contributed by atoms with Crippen molar-refractivity contribution in [3.05, 3.63) is 18.0 Å². The van der Waals surface area contributed by atoms with Crippen molar-refractivity contribution in [3.63, 3.8) is 0 Å². The van der Waals surface area contributed by atoms with Gasteiger partial charge in [0.05, 0.1) is 6.42 Å². The van der Waals surface area contributed by atoms with Crippen LogP contribution in [-0.4, -0.2) is 44.2 Å². The number of nitrogens with one attached hydrogen (secondary N) is 1. The van der Waals surface area contributed by atoms with Crippen LogP contribution in [0.2, 0.25) is 0 Å². The van der Waals surface area contributed by atoms with E-state index in [1.165, 1.54) is 4.90 Å². The van der Waals surface area contributed by atoms with Gasteiger partial charge in [-0.25, -0.2) is 0 Å². The SMILES string of the molecule is CC(C)(C)N(CC(=O)O)C(=O)Cc1ccn[nH]1. The van der Waals surface area contributed by atoms with Gasteiger partial charge in [0, 0.05) is 17.4 Å². The molecular formula is C11H17N3O3. The van der Waals surface area contributed by atoms with E-state index in [1.54, 1.807) is 33.0 Å². The van der Waals surface area contributed by atoms with E-state index in [1.807, 2.05) is 0 Å². The summed E-state index contributed by atoms with van der Waals surface area (Å²) in [6.45, 7) is 5.12. The molecule has 0 aliphatic carbocycles. The molecule has 0 aromatic carbocycles. The van der Waals surface area contributed by atoms with E-state index in [4.69, 9.17) is 5.11 Å². The summed E-state index contributed by atoms with van der Waals surface area (Å²) in [5.41, 5.74) is 0.157. The second kappa shape index (κ2) is 4.99. The Hall–Kier alpha value is -1.85. The lowest BCUT2D eigenvalue weighted by molar-refractivity contribution is -0.147. The molecule has 0 saturated carbocycles. The van der Waals surface area contributed by atoms with Crippen LogP contribution in [0.15, 0.2) is 12.3 Å². The summed E-state index contributed by atoms with van der Waals surface area (Å²) in [5, 5.41) is 15.2. The summed E-state index contributed by atoms with van der Waals surface area (Å²) in [5.74, 6) is -1.25. The minimum absolute atomic E-state index is 0.130. The van der Waals surface area contributed by atoms with Crippen molar-refractivity contribution in [1.82, 2.24) is 15.1 Å². The number of carbonyl (C=O) groups is 2. The standard InChI is InChI=1S/C11H17N3O3/c1-11(2,3)14(7-10(16)17)9(15)6-8-4-5-12-13-8/h4-5H,6-7H2,1-3H3,(H,12,13)(H,16,17). The number of aliphatic carboxylic acids is 1. The van der Waals surface area contributed by atoms with Gasteiger partial charge in [0.2, 0.25) is 5.91 Å². The first-order valence-corrected chi connectivity index (χ1v) is 5.31. The molecule has 94 valence electrons. The van der Waals surface area contributed by atoms with E-state index >= 15 is 0 Å². The molecule has 0 unspecified atom stereocenters. The van der Waals surface area contributed by atoms with Gasteiger partial charge < -0.3 is 10.0 Å². The second-order valence-electron chi connectivity index (χ2n) is 4.80. The molecule has 17 heavy (non-hydrogen) atoms. The van der Waals surface area contributed by atoms with E-state index < -0.39 is 11.5 Å². The van der Waals surface area contributed by atoms with E-state index in [0.717, 1.165) is 0 Å². The average molecular weight is 239 g/mol. The zero-order valence-electron chi connectivity index (χ0n) is 10.2. The van der Waals surface area contributed by atoms with E-state index in [0.29, 0.717) is 5.69 Å². The van der Waals surface area contributed by atoms with Crippen molar-refractivity contribution in [2.75, 3.05) is 6.54 Å². The molecule has 1 aromatic rings. The molecule has 0 radical (unpaired) electrons. The molecule has 0 saturated heterocycles. The number of aromatic amines is 1. The van der Waals surface area contributed by atoms with Gasteiger partial charge in [0.25, 0.3) is 0 Å². The Kier molecular flexibility index (Phi) is 3.88. The highest BCUT2D eigenvalue weighted by molar-refractivity contribution is 5.83. The Balaban J connectivity index is 2.76. The van der Waals surface area contributed by atoms with Crippen LogP contribution in [0.25, 0.3) is 0 Å². The predicted molar refractivity (Wildman–Crippen MR) is 61.4 cm³/mol. The van der Waals surface area contributed by atoms with Gasteiger partial charge in [0.1, 0.15) is 6.54 Å². The highest BCUT2D eigenvalue weighted by Crippen LogP contribution is 2.14. The minimum Gasteiger partial charge on any atom is -0.480 e. The molecule has 1 heterocycles. The molecule has 6 heteroatoms. The molecule has 1 aromatic heterocycles. The van der Waals surface area contributed by atoms with Crippen LogP contribution in [0.3, 0.4) is 0 Å². The quantitative estimate of drug-likeness (QED) is 0.808. The topological polar surface area (TPSA) is 86.3 Å². The maximum atomic E-state index is 12.0. The highest BCUT2D eigenvalue weighted by atomic mass is 16.4. The third kappa shape index (κ3) is 3.90. The Morgan fingerprint density at radius 1 is 1.47 bits per heavy atom. The third-order valence-corrected chi connectivity index (χ3v) is 2.30. The summed E-state index contributed by atoms with van der Waals surface area (Å²) in [7, 11) is 0. The molecule has 0 fully saturated rings. The number of carboxylic acid groups (broad SMARTS) is 1. The fourth-order valence-corrected chi connectivity index (χ4v) is 1.48. The molecule has 0 aliphatic heterocycles. The van der Waals surface area contributed by atoms with Crippen LogP contribution < -0.4 is 0 Å². The van der Waals surface area contributed by atoms with Gasteiger partial charge in [-0.1, -0.05) is 0 Å². The number of amides is 1. The first kappa shape index (κ1) is 13.2. The van der Waals surface area contributed by atoms with Gasteiger partial charge in [0.15, 0.2) is 0 Å². The lowest BCUT2D eigenvalue weighted by atomic mass is 10.0. The van der Waals surface area contributed by atoms with Crippen molar-refractivity contribution >= 4 is 11.9 Å². The van der Waals surface area contributed by atoms with Crippen LogP contribution in [0.4, 0.5) is 0 Å². The predicted octanol–water partition coefficient (Wildman–Crippen LogP) is 0.664. The number of hydrogen-bond donors (Lipinski definition) is 2. The Bertz CT molecular complexity index is 393. The maximum Gasteiger partial charge on any atom is 0.323 e. The molecule has 1 rings (SSSR count). The van der Waals surface area contributed by atoms with Crippen molar-refractivity contribution in [2.24, 2.45) is 0 Å². The van der Waals surface area contributed by atoms with Crippen LogP contribution in [0.5, 0.6) is 0 Å². The fraction of sp³-hybridized carbons (Fsp3) is 0.545. The summed E-state index contributed by atoms with van der Waals surface area (Å²) in [6.07, 6.45) is 1.69. The number of H-pyrrole nitrogens is 1. The molecule has 6 nitrogen and oxygen atoms in total. The van der Waals surface area contributed by atoms with E-state index in [9.17, 15) is 9.59 Å². The van der Waals surface area contributed by atoms with Crippen LogP contribution in [-0.2, 0) is 16.0 Å². The van der Waals surface area contributed by atoms with Gasteiger partial charge in [-0.2, -0.15) is 5.10 Å². The first-order chi connectivity index (χ1) is 7.80. The highest BCUT2D eigenvalue weighted by Gasteiger charge is 2.28. The number of rotatable bonds is 4. The molecule has 1 amide bonds. The maximum absolute atomic E-state index is 12.0. The van der Waals surface area contributed by atoms with E-state index in [2.05, 4.69) is 10.2 Å². The Labute approximate surface area is 99.6 Å². The number of aromatic nitrogens is 2. The van der Waals surface area contributed by atoms with Crippen LogP contribution >= 0.6 is 0 Å². The molecule has 0 spiro atoms. The van der Waals surface area contributed by atoms with Crippen molar-refractivity contribution in [2.45, 2.75) is 32.7 Å². The monoisotopic (exact) mass is 239 g/mol. The van der Waals surface area contributed by atoms with Crippen molar-refractivity contribution < 1.29 is 14.7 Å². The van der Waals surface area contributed by atoms with Crippen molar-refractivity contribution in [3.8, 4) is 0 Å². The van der Waals surface area contributed by atoms with Gasteiger partial charge in [-0.15, -0.1) is 0 Å². The number of carboxylic acids is 1. The third-order valence-electron chi connectivity index (χ3n) is 2.30. The Morgan fingerprint density at radius 2 is 2.12 bits per heavy atom. The molecule has 0 atom stereocenters. The molecule has 2 N–H and O–H groups in total. The number of hydrogen-bond acceptors (Lipinski definition) is 3. The zero-order chi connectivity index (χ0) is 13.1. The number of nitrogens with zero attached hydrogens (tertiary/aromatic N) is 2. The summed E-state index contributed by atoms with van der Waals surface area (Å²) >= 11 is 0. The largest absolute Gasteiger partial charge is 0.480 e. The Morgan fingerprint density at radius 3 is 2.53 bits per heavy atom. The second-order valence-corrected chi connectivity index (χ2v) is 4.80. The van der Waals surface area contributed by atoms with Gasteiger partial charge in [-0.3, -0.25) is 14.7 Å². The first-order valence-electron chi connectivity index (χ1n) is 5.31. The van der Waals surface area contributed by atoms with Crippen LogP contribution in [0, 0.1) is 0 Å². The molecular weight excluding hydrogens is 222 g/mol. The smallest absolute Gasteiger partial charge is 0.323 e. The summed E-state index contributed by atoms with van der Waals surface area (Å²) < 4.78 is 0. The summed E-state index contributed by atoms with van der Waals surface area (Å²) in [6, 6.07) is 1.69. The average Bonchev–Trinajstić information content (AvgIpc) is 2.64. The molecule has 0 aliphatic rings. The van der Waals surface area contributed by atoms with E-state index in [-0.39, 0.29) is 18.9 Å². The van der Waals surface area contributed by atoms with Crippen LogP contribution in [0.1, 0.15) is 26.5 Å². The lowest BCUT2D eigenvalue weighted by Gasteiger charge is -2.34. The fourth-order valence-electron chi connectivity index (χ4n) is 1.48. The van der Waals surface area contributed by atoms with Gasteiger partial charge in [-0.05, 0) is 26.8 Å². The van der Waals surface area contributed by atoms with Crippen molar-refractivity contribution in [1.29, 1.82) is 0 Å². The number of carbonyl (C=O) groups excluding carboxylic acids is 1.